The molecule has 0 spiro atoms. The number of carbonyl (C=O) groups is 3. The molecule has 0 aliphatic heterocycles. The van der Waals surface area contributed by atoms with E-state index in [2.05, 4.69) is 26.0 Å². The van der Waals surface area contributed by atoms with E-state index in [1.165, 1.54) is 302 Å². The summed E-state index contributed by atoms with van der Waals surface area (Å²) in [6.45, 7) is 4.82. The molecule has 0 saturated heterocycles. The van der Waals surface area contributed by atoms with Gasteiger partial charge in [-0.2, -0.15) is 0 Å². The maximum absolute atomic E-state index is 12.9. The third-order valence-corrected chi connectivity index (χ3v) is 16.3. The highest BCUT2D eigenvalue weighted by molar-refractivity contribution is 5.70. The summed E-state index contributed by atoms with van der Waals surface area (Å²) in [5.74, 6) is -2.25. The van der Waals surface area contributed by atoms with E-state index in [0.29, 0.717) is 17.4 Å². The first-order valence-corrected chi connectivity index (χ1v) is 35.3. The quantitative estimate of drug-likeness (QED) is 0.0195. The van der Waals surface area contributed by atoms with Crippen LogP contribution in [0.3, 0.4) is 0 Å². The average Bonchev–Trinajstić information content (AvgIpc) is 3.43. The molecule has 474 valence electrons. The molecule has 0 fully saturated rings. The minimum atomic E-state index is -1.62. The fourth-order valence-electron chi connectivity index (χ4n) is 10.8. The minimum Gasteiger partial charge on any atom is -0.545 e. The van der Waals surface area contributed by atoms with Crippen molar-refractivity contribution in [1.29, 1.82) is 0 Å². The molecule has 0 rings (SSSR count). The van der Waals surface area contributed by atoms with Gasteiger partial charge < -0.3 is 33.3 Å². The van der Waals surface area contributed by atoms with Gasteiger partial charge in [0.1, 0.15) is 13.2 Å². The molecule has 2 atom stereocenters. The van der Waals surface area contributed by atoms with Crippen LogP contribution in [0.15, 0.2) is 12.2 Å². The number of hydrogen-bond donors (Lipinski definition) is 0. The number of carbonyl (C=O) groups excluding carboxylic acids is 3. The maximum Gasteiger partial charge on any atom is 0.306 e. The van der Waals surface area contributed by atoms with Crippen LogP contribution in [0, 0.1) is 0 Å². The fourth-order valence-corrected chi connectivity index (χ4v) is 10.8. The Morgan fingerprint density at radius 3 is 0.925 bits per heavy atom. The molecule has 80 heavy (non-hydrogen) atoms. The molecule has 0 saturated carbocycles. The molecule has 0 radical (unpaired) electrons. The van der Waals surface area contributed by atoms with Crippen LogP contribution in [0.25, 0.3) is 0 Å². The number of aliphatic carboxylic acids is 1. The summed E-state index contributed by atoms with van der Waals surface area (Å²) < 4.78 is 22.8. The van der Waals surface area contributed by atoms with Crippen LogP contribution in [0.4, 0.5) is 0 Å². The number of unbranched alkanes of at least 4 members (excludes halogenated alkanes) is 50. The van der Waals surface area contributed by atoms with Crippen LogP contribution in [0.5, 0.6) is 0 Å². The molecule has 0 aliphatic carbocycles. The van der Waals surface area contributed by atoms with Crippen molar-refractivity contribution >= 4 is 17.9 Å². The number of rotatable bonds is 67. The van der Waals surface area contributed by atoms with E-state index in [1.807, 2.05) is 21.1 Å². The molecule has 0 aliphatic rings. The lowest BCUT2D eigenvalue weighted by molar-refractivity contribution is -0.870. The zero-order valence-corrected chi connectivity index (χ0v) is 54.2. The fraction of sp³-hybridized carbons (Fsp3) is 0.930. The van der Waals surface area contributed by atoms with Crippen LogP contribution in [-0.4, -0.2) is 82.3 Å². The molecule has 9 nitrogen and oxygen atoms in total. The van der Waals surface area contributed by atoms with Crippen LogP contribution in [-0.2, 0) is 33.3 Å². The van der Waals surface area contributed by atoms with E-state index in [-0.39, 0.29) is 32.2 Å². The first-order chi connectivity index (χ1) is 39.1. The minimum absolute atomic E-state index is 0.153. The van der Waals surface area contributed by atoms with Gasteiger partial charge in [-0.05, 0) is 38.5 Å². The summed E-state index contributed by atoms with van der Waals surface area (Å²) in [6, 6.07) is 0. The van der Waals surface area contributed by atoms with Crippen molar-refractivity contribution in [3.63, 3.8) is 0 Å². The highest BCUT2D eigenvalue weighted by Crippen LogP contribution is 2.19. The summed E-state index contributed by atoms with van der Waals surface area (Å²) in [4.78, 5) is 37.4. The predicted octanol–water partition coefficient (Wildman–Crippen LogP) is 20.3. The monoisotopic (exact) mass is 1130 g/mol. The van der Waals surface area contributed by atoms with Crippen LogP contribution in [0.1, 0.15) is 367 Å². The lowest BCUT2D eigenvalue weighted by atomic mass is 10.0. The Balaban J connectivity index is 3.96. The van der Waals surface area contributed by atoms with E-state index in [9.17, 15) is 19.5 Å². The Morgan fingerprint density at radius 2 is 0.637 bits per heavy atom. The number of nitrogens with zero attached hydrogens (tertiary/aromatic N) is 1. The SMILES string of the molecule is CCCCCCCCCC/C=C\CCCCCCCCCCCCCCCCCCCCCCCCCCCC(=O)OC(COC(=O)CCCCCCCCCCCCCCCCCCCC)COC(OCC[N+](C)(C)C)C(=O)[O-]. The third kappa shape index (κ3) is 63.6. The molecule has 0 N–H and O–H groups in total. The zero-order valence-electron chi connectivity index (χ0n) is 54.2. The highest BCUT2D eigenvalue weighted by Gasteiger charge is 2.22. The molecule has 0 amide bonds. The summed E-state index contributed by atoms with van der Waals surface area (Å²) >= 11 is 0. The van der Waals surface area contributed by atoms with Crippen molar-refractivity contribution in [3.05, 3.63) is 12.2 Å². The van der Waals surface area contributed by atoms with E-state index in [1.54, 1.807) is 0 Å². The summed E-state index contributed by atoms with van der Waals surface area (Å²) in [7, 11) is 5.94. The second-order valence-corrected chi connectivity index (χ2v) is 25.5. The van der Waals surface area contributed by atoms with Crippen molar-refractivity contribution in [1.82, 2.24) is 0 Å². The van der Waals surface area contributed by atoms with Crippen molar-refractivity contribution in [2.45, 2.75) is 379 Å². The van der Waals surface area contributed by atoms with Crippen molar-refractivity contribution in [3.8, 4) is 0 Å². The third-order valence-electron chi connectivity index (χ3n) is 16.3. The molecular formula is C71H137NO8. The standard InChI is InChI=1S/C71H137NO8/c1-6-8-10-12-14-16-18-20-22-24-26-27-28-29-30-31-32-33-34-35-36-37-38-39-40-41-42-43-44-46-48-50-52-54-56-58-60-62-69(74)80-67(66-79-71(70(75)76)77-64-63-72(3,4)5)65-78-68(73)61-59-57-55-53-51-49-47-45-25-23-21-19-17-15-13-11-9-7-2/h24,26,67,71H,6-23,25,27-66H2,1-5H3/b26-24-. The molecule has 0 aromatic rings. The van der Waals surface area contributed by atoms with Gasteiger partial charge in [-0.15, -0.1) is 0 Å². The molecule has 9 heteroatoms. The van der Waals surface area contributed by atoms with E-state index in [0.717, 1.165) is 38.5 Å². The Kier molecular flexibility index (Phi) is 61.5. The topological polar surface area (TPSA) is 111 Å². The Hall–Kier alpha value is -1.97. The van der Waals surface area contributed by atoms with Gasteiger partial charge in [0.05, 0.1) is 40.3 Å². The number of ether oxygens (including phenoxy) is 4. The van der Waals surface area contributed by atoms with Gasteiger partial charge in [0.2, 0.25) is 0 Å². The molecule has 0 heterocycles. The summed E-state index contributed by atoms with van der Waals surface area (Å²) in [6.07, 6.45) is 73.1. The Labute approximate surface area is 497 Å². The molecular weight excluding hydrogens is 995 g/mol. The van der Waals surface area contributed by atoms with Crippen LogP contribution >= 0.6 is 0 Å². The van der Waals surface area contributed by atoms with Gasteiger partial charge in [-0.1, -0.05) is 328 Å². The van der Waals surface area contributed by atoms with Gasteiger partial charge in [-0.25, -0.2) is 0 Å². The largest absolute Gasteiger partial charge is 0.545 e. The van der Waals surface area contributed by atoms with Gasteiger partial charge >= 0.3 is 11.9 Å². The van der Waals surface area contributed by atoms with Crippen LogP contribution < -0.4 is 5.11 Å². The molecule has 0 bridgehead atoms. The van der Waals surface area contributed by atoms with Gasteiger partial charge in [0.15, 0.2) is 12.4 Å². The van der Waals surface area contributed by atoms with E-state index in [4.69, 9.17) is 18.9 Å². The normalized spacial score (nSPS) is 12.7. The number of hydrogen-bond acceptors (Lipinski definition) is 8. The lowest BCUT2D eigenvalue weighted by Gasteiger charge is -2.26. The van der Waals surface area contributed by atoms with E-state index < -0.39 is 24.3 Å². The summed E-state index contributed by atoms with van der Waals surface area (Å²) in [5.41, 5.74) is 0. The van der Waals surface area contributed by atoms with Crippen molar-refractivity contribution < 1.29 is 42.9 Å². The molecule has 0 aromatic heterocycles. The Bertz CT molecular complexity index is 1320. The number of quaternary nitrogens is 1. The number of carboxylic acid groups (broad SMARTS) is 1. The van der Waals surface area contributed by atoms with Gasteiger partial charge in [-0.3, -0.25) is 9.59 Å². The first kappa shape index (κ1) is 78.0. The zero-order chi connectivity index (χ0) is 58.3. The smallest absolute Gasteiger partial charge is 0.306 e. The Morgan fingerprint density at radius 1 is 0.362 bits per heavy atom. The lowest BCUT2D eigenvalue weighted by Crippen LogP contribution is -2.44. The van der Waals surface area contributed by atoms with E-state index >= 15 is 0 Å². The first-order valence-electron chi connectivity index (χ1n) is 35.3. The predicted molar refractivity (Wildman–Crippen MR) is 339 cm³/mol. The number of esters is 2. The van der Waals surface area contributed by atoms with Crippen LogP contribution in [0.2, 0.25) is 0 Å². The average molecular weight is 1130 g/mol. The van der Waals surface area contributed by atoms with Crippen molar-refractivity contribution in [2.75, 3.05) is 47.5 Å². The second kappa shape index (κ2) is 63.1. The van der Waals surface area contributed by atoms with Gasteiger partial charge in [0, 0.05) is 12.8 Å². The molecule has 2 unspecified atom stereocenters. The number of allylic oxidation sites excluding steroid dienone is 2. The molecule has 0 aromatic carbocycles. The number of likely N-dealkylation sites (N-methyl/N-ethyl adjacent to an activating group) is 1. The maximum atomic E-state index is 12.9. The number of carboxylic acids is 1. The second-order valence-electron chi connectivity index (χ2n) is 25.5. The van der Waals surface area contributed by atoms with Crippen molar-refractivity contribution in [2.24, 2.45) is 0 Å². The van der Waals surface area contributed by atoms with Gasteiger partial charge in [0.25, 0.3) is 0 Å². The summed E-state index contributed by atoms with van der Waals surface area (Å²) in [5, 5.41) is 11.8. The highest BCUT2D eigenvalue weighted by atomic mass is 16.7.